The van der Waals surface area contributed by atoms with Crippen LogP contribution in [0.25, 0.3) is 0 Å². The summed E-state index contributed by atoms with van der Waals surface area (Å²) in [4.78, 5) is 11.7. The second-order valence-corrected chi connectivity index (χ2v) is 6.25. The number of hydrogen-bond donors (Lipinski definition) is 3. The molecule has 1 saturated carbocycles. The standard InChI is InChI=1S/C14H28N2O2/c1-4-13(2,3)16-12(18)9-15-10-14(11-17)7-5-6-8-14/h15,17H,4-11H2,1-3H3,(H,16,18). The Kier molecular flexibility index (Phi) is 5.60. The summed E-state index contributed by atoms with van der Waals surface area (Å²) in [7, 11) is 0. The molecule has 1 fully saturated rings. The number of hydrogen-bond acceptors (Lipinski definition) is 3. The lowest BCUT2D eigenvalue weighted by Crippen LogP contribution is -2.48. The van der Waals surface area contributed by atoms with Crippen molar-refractivity contribution in [2.45, 2.75) is 58.4 Å². The zero-order valence-electron chi connectivity index (χ0n) is 12.0. The summed E-state index contributed by atoms with van der Waals surface area (Å²) in [6, 6.07) is 0. The summed E-state index contributed by atoms with van der Waals surface area (Å²) in [5.41, 5.74) is -0.124. The van der Waals surface area contributed by atoms with Crippen LogP contribution in [0.3, 0.4) is 0 Å². The Morgan fingerprint density at radius 2 is 1.94 bits per heavy atom. The van der Waals surface area contributed by atoms with Gasteiger partial charge in [-0.25, -0.2) is 0 Å². The van der Waals surface area contributed by atoms with E-state index in [4.69, 9.17) is 0 Å². The first-order valence-electron chi connectivity index (χ1n) is 7.06. The molecule has 0 aromatic carbocycles. The van der Waals surface area contributed by atoms with Gasteiger partial charge in [-0.3, -0.25) is 4.79 Å². The van der Waals surface area contributed by atoms with Crippen LogP contribution < -0.4 is 10.6 Å². The van der Waals surface area contributed by atoms with Crippen molar-refractivity contribution in [3.05, 3.63) is 0 Å². The monoisotopic (exact) mass is 256 g/mol. The van der Waals surface area contributed by atoms with Gasteiger partial charge in [-0.15, -0.1) is 0 Å². The minimum atomic E-state index is -0.138. The van der Waals surface area contributed by atoms with Gasteiger partial charge < -0.3 is 15.7 Å². The second kappa shape index (κ2) is 6.53. The summed E-state index contributed by atoms with van der Waals surface area (Å²) in [5.74, 6) is 0.0351. The van der Waals surface area contributed by atoms with E-state index < -0.39 is 0 Å². The molecule has 0 bridgehead atoms. The molecule has 0 aromatic heterocycles. The first-order valence-corrected chi connectivity index (χ1v) is 7.06. The second-order valence-electron chi connectivity index (χ2n) is 6.25. The third-order valence-electron chi connectivity index (χ3n) is 4.15. The van der Waals surface area contributed by atoms with Crippen molar-refractivity contribution in [1.29, 1.82) is 0 Å². The Morgan fingerprint density at radius 3 is 2.44 bits per heavy atom. The van der Waals surface area contributed by atoms with Crippen molar-refractivity contribution in [2.75, 3.05) is 19.7 Å². The predicted molar refractivity (Wildman–Crippen MR) is 73.4 cm³/mol. The van der Waals surface area contributed by atoms with Crippen LogP contribution in [0.2, 0.25) is 0 Å². The molecule has 0 unspecified atom stereocenters. The Hall–Kier alpha value is -0.610. The lowest BCUT2D eigenvalue weighted by atomic mass is 9.87. The lowest BCUT2D eigenvalue weighted by Gasteiger charge is -2.28. The van der Waals surface area contributed by atoms with Gasteiger partial charge in [0.05, 0.1) is 6.54 Å². The number of aliphatic hydroxyl groups excluding tert-OH is 1. The van der Waals surface area contributed by atoms with Crippen LogP contribution >= 0.6 is 0 Å². The van der Waals surface area contributed by atoms with Gasteiger partial charge in [0.2, 0.25) is 5.91 Å². The van der Waals surface area contributed by atoms with Crippen LogP contribution in [-0.2, 0) is 4.79 Å². The van der Waals surface area contributed by atoms with Gasteiger partial charge >= 0.3 is 0 Å². The van der Waals surface area contributed by atoms with Gasteiger partial charge in [-0.1, -0.05) is 19.8 Å². The number of carbonyl (C=O) groups is 1. The van der Waals surface area contributed by atoms with E-state index in [1.165, 1.54) is 12.8 Å². The fraction of sp³-hybridized carbons (Fsp3) is 0.929. The van der Waals surface area contributed by atoms with Crippen molar-refractivity contribution in [3.63, 3.8) is 0 Å². The van der Waals surface area contributed by atoms with Crippen molar-refractivity contribution in [3.8, 4) is 0 Å². The average Bonchev–Trinajstić information content (AvgIpc) is 2.78. The maximum atomic E-state index is 11.7. The molecule has 0 saturated heterocycles. The molecule has 0 atom stereocenters. The molecular formula is C14H28N2O2. The topological polar surface area (TPSA) is 61.4 Å². The molecule has 1 amide bonds. The first kappa shape index (κ1) is 15.4. The van der Waals surface area contributed by atoms with Crippen molar-refractivity contribution in [2.24, 2.45) is 5.41 Å². The van der Waals surface area contributed by atoms with E-state index in [9.17, 15) is 9.90 Å². The molecule has 4 nitrogen and oxygen atoms in total. The third kappa shape index (κ3) is 4.58. The van der Waals surface area contributed by atoms with E-state index in [-0.39, 0.29) is 23.5 Å². The van der Waals surface area contributed by atoms with Gasteiger partial charge in [0.1, 0.15) is 0 Å². The van der Waals surface area contributed by atoms with E-state index in [1.54, 1.807) is 0 Å². The highest BCUT2D eigenvalue weighted by Crippen LogP contribution is 2.36. The zero-order chi connectivity index (χ0) is 13.6. The highest BCUT2D eigenvalue weighted by Gasteiger charge is 2.32. The average molecular weight is 256 g/mol. The predicted octanol–water partition coefficient (Wildman–Crippen LogP) is 1.43. The van der Waals surface area contributed by atoms with E-state index in [2.05, 4.69) is 17.6 Å². The molecule has 0 radical (unpaired) electrons. The molecule has 0 heterocycles. The molecule has 106 valence electrons. The maximum absolute atomic E-state index is 11.7. The van der Waals surface area contributed by atoms with Crippen molar-refractivity contribution in [1.82, 2.24) is 10.6 Å². The van der Waals surface area contributed by atoms with Crippen molar-refractivity contribution < 1.29 is 9.90 Å². The molecule has 3 N–H and O–H groups in total. The minimum Gasteiger partial charge on any atom is -0.396 e. The highest BCUT2D eigenvalue weighted by atomic mass is 16.3. The Bertz CT molecular complexity index is 271. The molecule has 18 heavy (non-hydrogen) atoms. The minimum absolute atomic E-state index is 0.0144. The first-order chi connectivity index (χ1) is 8.43. The summed E-state index contributed by atoms with van der Waals surface area (Å²) in [5, 5.41) is 15.7. The largest absolute Gasteiger partial charge is 0.396 e. The maximum Gasteiger partial charge on any atom is 0.234 e. The van der Waals surface area contributed by atoms with Crippen LogP contribution in [-0.4, -0.2) is 36.2 Å². The van der Waals surface area contributed by atoms with Crippen LogP contribution in [0, 0.1) is 5.41 Å². The highest BCUT2D eigenvalue weighted by molar-refractivity contribution is 5.78. The Morgan fingerprint density at radius 1 is 1.33 bits per heavy atom. The fourth-order valence-electron chi connectivity index (χ4n) is 2.47. The molecule has 1 aliphatic rings. The van der Waals surface area contributed by atoms with Gasteiger partial charge in [0.25, 0.3) is 0 Å². The molecule has 4 heteroatoms. The SMILES string of the molecule is CCC(C)(C)NC(=O)CNCC1(CO)CCCC1. The van der Waals surface area contributed by atoms with E-state index in [0.29, 0.717) is 6.54 Å². The normalized spacial score (nSPS) is 18.9. The van der Waals surface area contributed by atoms with Crippen LogP contribution in [0.5, 0.6) is 0 Å². The van der Waals surface area contributed by atoms with Crippen LogP contribution in [0.4, 0.5) is 0 Å². The van der Waals surface area contributed by atoms with E-state index >= 15 is 0 Å². The molecule has 1 rings (SSSR count). The third-order valence-corrected chi connectivity index (χ3v) is 4.15. The van der Waals surface area contributed by atoms with E-state index in [1.807, 2.05) is 13.8 Å². The molecule has 0 spiro atoms. The molecule has 0 aliphatic heterocycles. The number of nitrogens with one attached hydrogen (secondary N) is 2. The summed E-state index contributed by atoms with van der Waals surface area (Å²) >= 11 is 0. The quantitative estimate of drug-likeness (QED) is 0.646. The Labute approximate surface area is 111 Å². The molecular weight excluding hydrogens is 228 g/mol. The fourth-order valence-corrected chi connectivity index (χ4v) is 2.47. The van der Waals surface area contributed by atoms with Crippen LogP contribution in [0.15, 0.2) is 0 Å². The van der Waals surface area contributed by atoms with Gasteiger partial charge in [-0.05, 0) is 33.1 Å². The molecule has 0 aromatic rings. The lowest BCUT2D eigenvalue weighted by molar-refractivity contribution is -0.121. The van der Waals surface area contributed by atoms with Gasteiger partial charge in [-0.2, -0.15) is 0 Å². The smallest absolute Gasteiger partial charge is 0.234 e. The number of carbonyl (C=O) groups excluding carboxylic acids is 1. The van der Waals surface area contributed by atoms with Crippen molar-refractivity contribution >= 4 is 5.91 Å². The summed E-state index contributed by atoms with van der Waals surface area (Å²) < 4.78 is 0. The van der Waals surface area contributed by atoms with Crippen LogP contribution in [0.1, 0.15) is 52.9 Å². The number of aliphatic hydroxyl groups is 1. The van der Waals surface area contributed by atoms with Gasteiger partial charge in [0.15, 0.2) is 0 Å². The number of amides is 1. The Balaban J connectivity index is 2.27. The summed E-state index contributed by atoms with van der Waals surface area (Å²) in [6.07, 6.45) is 5.44. The molecule has 1 aliphatic carbocycles. The zero-order valence-corrected chi connectivity index (χ0v) is 12.0. The van der Waals surface area contributed by atoms with Gasteiger partial charge in [0, 0.05) is 24.1 Å². The summed E-state index contributed by atoms with van der Waals surface area (Å²) in [6.45, 7) is 7.41. The van der Waals surface area contributed by atoms with E-state index in [0.717, 1.165) is 25.8 Å². The number of rotatable bonds is 7.